The Morgan fingerprint density at radius 1 is 1.20 bits per heavy atom. The molecule has 0 saturated carbocycles. The predicted octanol–water partition coefficient (Wildman–Crippen LogP) is 1.15. The molecule has 6 nitrogen and oxygen atoms in total. The minimum absolute atomic E-state index is 0.183. The quantitative estimate of drug-likeness (QED) is 0.846. The molecular formula is C14H14N2O4. The third-order valence-electron chi connectivity index (χ3n) is 2.75. The zero-order chi connectivity index (χ0) is 14.5. The Morgan fingerprint density at radius 3 is 2.70 bits per heavy atom. The molecule has 0 spiro atoms. The fraction of sp³-hybridized carbons (Fsp3) is 0.214. The monoisotopic (exact) mass is 274 g/mol. The average molecular weight is 274 g/mol. The van der Waals surface area contributed by atoms with Gasteiger partial charge in [0.1, 0.15) is 18.0 Å². The number of carbonyl (C=O) groups excluding carboxylic acids is 2. The van der Waals surface area contributed by atoms with Gasteiger partial charge in [0.15, 0.2) is 0 Å². The number of nitrogens with one attached hydrogen (secondary N) is 1. The van der Waals surface area contributed by atoms with Crippen LogP contribution in [0.15, 0.2) is 30.3 Å². The van der Waals surface area contributed by atoms with Crippen LogP contribution in [0.5, 0.6) is 5.75 Å². The number of hydrogen-bond donors (Lipinski definition) is 1. The Morgan fingerprint density at radius 2 is 2.00 bits per heavy atom. The maximum atomic E-state index is 11.8. The van der Waals surface area contributed by atoms with Gasteiger partial charge in [-0.25, -0.2) is 4.98 Å². The number of rotatable bonds is 4. The van der Waals surface area contributed by atoms with Crippen molar-refractivity contribution in [2.24, 2.45) is 0 Å². The van der Waals surface area contributed by atoms with E-state index < -0.39 is 11.9 Å². The van der Waals surface area contributed by atoms with Gasteiger partial charge < -0.3 is 14.8 Å². The van der Waals surface area contributed by atoms with Crippen LogP contribution >= 0.6 is 0 Å². The molecule has 0 fully saturated rings. The van der Waals surface area contributed by atoms with Crippen molar-refractivity contribution in [3.63, 3.8) is 0 Å². The number of esters is 1. The molecule has 1 aromatic carbocycles. The van der Waals surface area contributed by atoms with E-state index >= 15 is 0 Å². The lowest BCUT2D eigenvalue weighted by molar-refractivity contribution is -0.139. The van der Waals surface area contributed by atoms with E-state index in [9.17, 15) is 9.59 Å². The highest BCUT2D eigenvalue weighted by Gasteiger charge is 2.10. The molecule has 1 aromatic heterocycles. The van der Waals surface area contributed by atoms with Crippen LogP contribution in [0.25, 0.3) is 10.9 Å². The summed E-state index contributed by atoms with van der Waals surface area (Å²) in [5.41, 5.74) is 0.920. The maximum Gasteiger partial charge on any atom is 0.325 e. The van der Waals surface area contributed by atoms with Gasteiger partial charge in [0.25, 0.3) is 5.91 Å². The van der Waals surface area contributed by atoms with Crippen LogP contribution in [-0.2, 0) is 9.53 Å². The van der Waals surface area contributed by atoms with Crippen molar-refractivity contribution < 1.29 is 19.1 Å². The molecule has 6 heteroatoms. The molecule has 104 valence electrons. The average Bonchev–Trinajstić information content (AvgIpc) is 2.50. The molecule has 1 heterocycles. The highest BCUT2D eigenvalue weighted by atomic mass is 16.5. The number of ether oxygens (including phenoxy) is 2. The van der Waals surface area contributed by atoms with E-state index in [2.05, 4.69) is 15.0 Å². The second-order valence-electron chi connectivity index (χ2n) is 4.01. The van der Waals surface area contributed by atoms with Crippen LogP contribution in [0.2, 0.25) is 0 Å². The van der Waals surface area contributed by atoms with E-state index in [1.165, 1.54) is 7.11 Å². The minimum Gasteiger partial charge on any atom is -0.497 e. The number of nitrogens with zero attached hydrogens (tertiary/aromatic N) is 1. The van der Waals surface area contributed by atoms with E-state index in [4.69, 9.17) is 4.74 Å². The Labute approximate surface area is 115 Å². The molecule has 1 amide bonds. The van der Waals surface area contributed by atoms with Gasteiger partial charge in [-0.3, -0.25) is 9.59 Å². The van der Waals surface area contributed by atoms with Crippen LogP contribution < -0.4 is 10.1 Å². The highest BCUT2D eigenvalue weighted by Crippen LogP contribution is 2.19. The number of pyridine rings is 1. The Kier molecular flexibility index (Phi) is 4.14. The number of amides is 1. The predicted molar refractivity (Wildman–Crippen MR) is 72.6 cm³/mol. The minimum atomic E-state index is -0.510. The molecule has 0 aliphatic carbocycles. The van der Waals surface area contributed by atoms with Gasteiger partial charge >= 0.3 is 5.97 Å². The number of benzene rings is 1. The van der Waals surface area contributed by atoms with Gasteiger partial charge in [-0.15, -0.1) is 0 Å². The van der Waals surface area contributed by atoms with Crippen molar-refractivity contribution in [3.8, 4) is 5.75 Å². The molecule has 2 rings (SSSR count). The van der Waals surface area contributed by atoms with Crippen molar-refractivity contribution in [2.75, 3.05) is 20.8 Å². The second-order valence-corrected chi connectivity index (χ2v) is 4.01. The lowest BCUT2D eigenvalue weighted by Gasteiger charge is -2.05. The molecule has 0 aliphatic rings. The fourth-order valence-corrected chi connectivity index (χ4v) is 1.67. The van der Waals surface area contributed by atoms with E-state index in [0.29, 0.717) is 5.52 Å². The van der Waals surface area contributed by atoms with Gasteiger partial charge in [-0.1, -0.05) is 6.07 Å². The van der Waals surface area contributed by atoms with Crippen LogP contribution in [0.1, 0.15) is 10.5 Å². The summed E-state index contributed by atoms with van der Waals surface area (Å²) in [5.74, 6) is -0.209. The van der Waals surface area contributed by atoms with Crippen molar-refractivity contribution in [2.45, 2.75) is 0 Å². The normalized spacial score (nSPS) is 10.1. The van der Waals surface area contributed by atoms with E-state index in [1.54, 1.807) is 31.4 Å². The van der Waals surface area contributed by atoms with E-state index in [1.807, 2.05) is 6.07 Å². The van der Waals surface area contributed by atoms with Crippen molar-refractivity contribution in [1.82, 2.24) is 10.3 Å². The molecule has 1 N–H and O–H groups in total. The molecule has 0 saturated heterocycles. The van der Waals surface area contributed by atoms with Gasteiger partial charge in [0.2, 0.25) is 0 Å². The summed E-state index contributed by atoms with van der Waals surface area (Å²) < 4.78 is 9.56. The number of methoxy groups -OCH3 is 2. The zero-order valence-electron chi connectivity index (χ0n) is 11.2. The molecule has 0 unspecified atom stereocenters. The number of aromatic nitrogens is 1. The lowest BCUT2D eigenvalue weighted by atomic mass is 10.2. The third-order valence-corrected chi connectivity index (χ3v) is 2.75. The summed E-state index contributed by atoms with van der Waals surface area (Å²) in [7, 11) is 2.85. The summed E-state index contributed by atoms with van der Waals surface area (Å²) in [4.78, 5) is 27.0. The van der Waals surface area contributed by atoms with Crippen molar-refractivity contribution >= 4 is 22.8 Å². The largest absolute Gasteiger partial charge is 0.497 e. The summed E-state index contributed by atoms with van der Waals surface area (Å²) in [6.45, 7) is -0.183. The smallest absolute Gasteiger partial charge is 0.325 e. The lowest BCUT2D eigenvalue weighted by Crippen LogP contribution is -2.30. The second kappa shape index (κ2) is 6.01. The van der Waals surface area contributed by atoms with Crippen LogP contribution in [0.3, 0.4) is 0 Å². The number of hydrogen-bond acceptors (Lipinski definition) is 5. The first-order chi connectivity index (χ1) is 9.63. The van der Waals surface area contributed by atoms with E-state index in [0.717, 1.165) is 11.1 Å². The first-order valence-electron chi connectivity index (χ1n) is 5.94. The Bertz CT molecular complexity index is 655. The molecule has 2 aromatic rings. The molecule has 0 radical (unpaired) electrons. The molecule has 20 heavy (non-hydrogen) atoms. The first kappa shape index (κ1) is 13.8. The Hall–Kier alpha value is -2.63. The van der Waals surface area contributed by atoms with Gasteiger partial charge in [-0.2, -0.15) is 0 Å². The summed E-state index contributed by atoms with van der Waals surface area (Å²) in [5, 5.41) is 3.31. The zero-order valence-corrected chi connectivity index (χ0v) is 11.2. The maximum absolute atomic E-state index is 11.8. The molecule has 0 atom stereocenters. The van der Waals surface area contributed by atoms with Crippen molar-refractivity contribution in [3.05, 3.63) is 36.0 Å². The summed E-state index contributed by atoms with van der Waals surface area (Å²) >= 11 is 0. The van der Waals surface area contributed by atoms with Gasteiger partial charge in [0.05, 0.1) is 19.7 Å². The van der Waals surface area contributed by atoms with Gasteiger partial charge in [-0.05, 0) is 24.3 Å². The van der Waals surface area contributed by atoms with E-state index in [-0.39, 0.29) is 12.2 Å². The SMILES string of the molecule is COC(=O)CNC(=O)c1ccc2cc(OC)ccc2n1. The van der Waals surface area contributed by atoms with Gasteiger partial charge in [0, 0.05) is 5.39 Å². The van der Waals surface area contributed by atoms with Crippen LogP contribution in [0, 0.1) is 0 Å². The Balaban J connectivity index is 2.19. The highest BCUT2D eigenvalue weighted by molar-refractivity contribution is 5.96. The third kappa shape index (κ3) is 3.03. The summed E-state index contributed by atoms with van der Waals surface area (Å²) in [6.07, 6.45) is 0. The number of carbonyl (C=O) groups is 2. The van der Waals surface area contributed by atoms with Crippen LogP contribution in [0.4, 0.5) is 0 Å². The topological polar surface area (TPSA) is 77.5 Å². The summed E-state index contributed by atoms with van der Waals surface area (Å²) in [6, 6.07) is 8.74. The molecule has 0 bridgehead atoms. The molecular weight excluding hydrogens is 260 g/mol. The standard InChI is InChI=1S/C14H14N2O4/c1-19-10-4-6-11-9(7-10)3-5-12(16-11)14(18)15-8-13(17)20-2/h3-7H,8H2,1-2H3,(H,15,18). The first-order valence-corrected chi connectivity index (χ1v) is 5.94. The van der Waals surface area contributed by atoms with Crippen molar-refractivity contribution in [1.29, 1.82) is 0 Å². The fourth-order valence-electron chi connectivity index (χ4n) is 1.67. The molecule has 0 aliphatic heterocycles. The number of fused-ring (bicyclic) bond motifs is 1. The van der Waals surface area contributed by atoms with Crippen LogP contribution in [-0.4, -0.2) is 37.6 Å².